The van der Waals surface area contributed by atoms with E-state index in [1.807, 2.05) is 6.07 Å². The van der Waals surface area contributed by atoms with Crippen LogP contribution in [-0.2, 0) is 13.0 Å². The highest BCUT2D eigenvalue weighted by molar-refractivity contribution is 14.1. The van der Waals surface area contributed by atoms with Gasteiger partial charge < -0.3 is 14.7 Å². The average molecular weight is 552 g/mol. The Bertz CT molecular complexity index is 1200. The van der Waals surface area contributed by atoms with Gasteiger partial charge in [-0.1, -0.05) is 12.1 Å². The molecule has 5 rings (SSSR count). The first-order chi connectivity index (χ1) is 16.0. The highest BCUT2D eigenvalue weighted by Crippen LogP contribution is 2.32. The van der Waals surface area contributed by atoms with Crippen molar-refractivity contribution < 1.29 is 0 Å². The fourth-order valence-electron chi connectivity index (χ4n) is 4.50. The molecule has 0 N–H and O–H groups in total. The number of fused-ring (bicyclic) bond motifs is 1. The molecule has 3 aromatic rings. The Morgan fingerprint density at radius 1 is 0.970 bits per heavy atom. The van der Waals surface area contributed by atoms with Crippen molar-refractivity contribution >= 4 is 34.2 Å². The van der Waals surface area contributed by atoms with Crippen molar-refractivity contribution in [3.8, 4) is 17.2 Å². The Morgan fingerprint density at radius 2 is 1.70 bits per heavy atom. The zero-order valence-electron chi connectivity index (χ0n) is 18.7. The van der Waals surface area contributed by atoms with Crippen molar-refractivity contribution in [2.75, 3.05) is 43.0 Å². The standard InChI is InChI=1S/C24H25IN8/c1-16-9-17-3-4-18(20-13-27-21(12-26)28-14-20)10-19(17)15-33(16)23-11-22(29-24(25)30-23)32-7-5-31(2)6-8-32/h3-4,10-11,13-14,16H,5-9,15H2,1-2H3. The molecule has 0 spiro atoms. The predicted molar refractivity (Wildman–Crippen MR) is 136 cm³/mol. The number of likely N-dealkylation sites (N-methyl/N-ethyl adjacent to an activating group) is 1. The lowest BCUT2D eigenvalue weighted by molar-refractivity contribution is 0.312. The fourth-order valence-corrected chi connectivity index (χ4v) is 4.99. The summed E-state index contributed by atoms with van der Waals surface area (Å²) in [5, 5.41) is 8.96. The Balaban J connectivity index is 1.43. The van der Waals surface area contributed by atoms with E-state index >= 15 is 0 Å². The third kappa shape index (κ3) is 4.63. The Kier molecular flexibility index (Phi) is 6.12. The summed E-state index contributed by atoms with van der Waals surface area (Å²) < 4.78 is 0.778. The molecule has 2 aromatic heterocycles. The number of aromatic nitrogens is 4. The summed E-state index contributed by atoms with van der Waals surface area (Å²) in [6.45, 7) is 7.11. The molecule has 0 radical (unpaired) electrons. The molecule has 1 unspecified atom stereocenters. The maximum Gasteiger partial charge on any atom is 0.232 e. The number of nitriles is 1. The maximum absolute atomic E-state index is 8.96. The van der Waals surface area contributed by atoms with Gasteiger partial charge in [-0.2, -0.15) is 5.26 Å². The maximum atomic E-state index is 8.96. The van der Waals surface area contributed by atoms with Crippen LogP contribution in [0.5, 0.6) is 0 Å². The number of halogens is 1. The van der Waals surface area contributed by atoms with Gasteiger partial charge in [0.1, 0.15) is 17.7 Å². The molecule has 1 saturated heterocycles. The van der Waals surface area contributed by atoms with Crippen LogP contribution in [0.3, 0.4) is 0 Å². The predicted octanol–water partition coefficient (Wildman–Crippen LogP) is 3.11. The van der Waals surface area contributed by atoms with Crippen molar-refractivity contribution in [1.82, 2.24) is 24.8 Å². The van der Waals surface area contributed by atoms with Crippen LogP contribution >= 0.6 is 22.6 Å². The van der Waals surface area contributed by atoms with E-state index < -0.39 is 0 Å². The van der Waals surface area contributed by atoms with Gasteiger partial charge in [-0.3, -0.25) is 0 Å². The van der Waals surface area contributed by atoms with Crippen LogP contribution in [0.4, 0.5) is 11.6 Å². The van der Waals surface area contributed by atoms with Crippen molar-refractivity contribution in [2.45, 2.75) is 25.9 Å². The highest BCUT2D eigenvalue weighted by atomic mass is 127. The summed E-state index contributed by atoms with van der Waals surface area (Å²) in [6.07, 6.45) is 4.39. The molecule has 0 bridgehead atoms. The first-order valence-corrected chi connectivity index (χ1v) is 12.2. The SMILES string of the molecule is CC1Cc2ccc(-c3cnc(C#N)nc3)cc2CN1c1cc(N2CCN(C)CC2)nc(I)n1. The van der Waals surface area contributed by atoms with Crippen LogP contribution in [0.2, 0.25) is 0 Å². The number of benzene rings is 1. The van der Waals surface area contributed by atoms with Crippen LogP contribution < -0.4 is 9.80 Å². The van der Waals surface area contributed by atoms with Crippen LogP contribution in [0.1, 0.15) is 23.9 Å². The van der Waals surface area contributed by atoms with Crippen LogP contribution in [0.15, 0.2) is 36.7 Å². The Labute approximate surface area is 207 Å². The fraction of sp³-hybridized carbons (Fsp3) is 0.375. The zero-order chi connectivity index (χ0) is 22.9. The topological polar surface area (TPSA) is 85.1 Å². The molecule has 1 aromatic carbocycles. The number of hydrogen-bond donors (Lipinski definition) is 0. The summed E-state index contributed by atoms with van der Waals surface area (Å²) in [5.41, 5.74) is 4.61. The number of piperazine rings is 1. The van der Waals surface area contributed by atoms with Gasteiger partial charge in [0, 0.05) is 85.4 Å². The molecule has 168 valence electrons. The van der Waals surface area contributed by atoms with Gasteiger partial charge in [0.05, 0.1) is 0 Å². The van der Waals surface area contributed by atoms with E-state index in [0.717, 1.165) is 65.7 Å². The van der Waals surface area contributed by atoms with E-state index in [1.165, 1.54) is 11.1 Å². The van der Waals surface area contributed by atoms with Crippen molar-refractivity contribution in [2.24, 2.45) is 0 Å². The summed E-state index contributed by atoms with van der Waals surface area (Å²) in [6, 6.07) is 11.0. The molecule has 2 aliphatic heterocycles. The van der Waals surface area contributed by atoms with Crippen LogP contribution in [0.25, 0.3) is 11.1 Å². The zero-order valence-corrected chi connectivity index (χ0v) is 20.9. The Morgan fingerprint density at radius 3 is 2.42 bits per heavy atom. The number of hydrogen-bond acceptors (Lipinski definition) is 8. The summed E-state index contributed by atoms with van der Waals surface area (Å²) in [4.78, 5) is 24.9. The van der Waals surface area contributed by atoms with E-state index in [0.29, 0.717) is 6.04 Å². The summed E-state index contributed by atoms with van der Waals surface area (Å²) in [7, 11) is 2.16. The lowest BCUT2D eigenvalue weighted by atomic mass is 9.92. The normalized spacial score (nSPS) is 18.7. The monoisotopic (exact) mass is 552 g/mol. The molecular formula is C24H25IN8. The molecule has 2 aliphatic rings. The Hall–Kier alpha value is -2.84. The average Bonchev–Trinajstić information content (AvgIpc) is 2.83. The second kappa shape index (κ2) is 9.19. The van der Waals surface area contributed by atoms with Crippen LogP contribution in [0, 0.1) is 15.2 Å². The van der Waals surface area contributed by atoms with Crippen LogP contribution in [-0.4, -0.2) is 64.1 Å². The molecule has 0 aliphatic carbocycles. The number of anilines is 2. The van der Waals surface area contributed by atoms with Crippen molar-refractivity contribution in [1.29, 1.82) is 5.26 Å². The lowest BCUT2D eigenvalue weighted by Crippen LogP contribution is -2.45. The number of rotatable bonds is 3. The minimum Gasteiger partial charge on any atom is -0.354 e. The first-order valence-electron chi connectivity index (χ1n) is 11.1. The second-order valence-corrected chi connectivity index (χ2v) is 9.68. The van der Waals surface area contributed by atoms with Crippen molar-refractivity contribution in [3.05, 3.63) is 57.4 Å². The third-order valence-electron chi connectivity index (χ3n) is 6.47. The minimum absolute atomic E-state index is 0.186. The number of nitrogens with zero attached hydrogens (tertiary/aromatic N) is 8. The molecule has 4 heterocycles. The second-order valence-electron chi connectivity index (χ2n) is 8.72. The first kappa shape index (κ1) is 22.0. The van der Waals surface area contributed by atoms with E-state index in [2.05, 4.69) is 85.5 Å². The van der Waals surface area contributed by atoms with Gasteiger partial charge in [0.25, 0.3) is 0 Å². The lowest BCUT2D eigenvalue weighted by Gasteiger charge is -2.37. The van der Waals surface area contributed by atoms with Crippen molar-refractivity contribution in [3.63, 3.8) is 0 Å². The quantitative estimate of drug-likeness (QED) is 0.362. The molecule has 0 amide bonds. The van der Waals surface area contributed by atoms with Gasteiger partial charge >= 0.3 is 0 Å². The van der Waals surface area contributed by atoms with Gasteiger partial charge in [0.2, 0.25) is 5.82 Å². The smallest absolute Gasteiger partial charge is 0.232 e. The van der Waals surface area contributed by atoms with Gasteiger partial charge in [-0.15, -0.1) is 0 Å². The van der Waals surface area contributed by atoms with E-state index in [9.17, 15) is 0 Å². The van der Waals surface area contributed by atoms with Gasteiger partial charge in [0.15, 0.2) is 3.83 Å². The van der Waals surface area contributed by atoms with E-state index in [1.54, 1.807) is 12.4 Å². The molecule has 8 nitrogen and oxygen atoms in total. The molecule has 33 heavy (non-hydrogen) atoms. The molecular weight excluding hydrogens is 527 g/mol. The van der Waals surface area contributed by atoms with Gasteiger partial charge in [-0.05, 0) is 43.1 Å². The summed E-state index contributed by atoms with van der Waals surface area (Å²) >= 11 is 2.23. The third-order valence-corrected chi connectivity index (χ3v) is 6.96. The van der Waals surface area contributed by atoms with E-state index in [-0.39, 0.29) is 5.82 Å². The van der Waals surface area contributed by atoms with E-state index in [4.69, 9.17) is 15.2 Å². The summed E-state index contributed by atoms with van der Waals surface area (Å²) in [5.74, 6) is 2.18. The largest absolute Gasteiger partial charge is 0.354 e. The highest BCUT2D eigenvalue weighted by Gasteiger charge is 2.26. The molecule has 1 fully saturated rings. The van der Waals surface area contributed by atoms with Gasteiger partial charge in [-0.25, -0.2) is 19.9 Å². The molecule has 1 atom stereocenters. The molecule has 0 saturated carbocycles. The molecule has 9 heteroatoms. The minimum atomic E-state index is 0.186.